The summed E-state index contributed by atoms with van der Waals surface area (Å²) in [5, 5.41) is 22.3. The lowest BCUT2D eigenvalue weighted by Crippen LogP contribution is -2.42. The number of nitrogens with zero attached hydrogens (tertiary/aromatic N) is 4. The number of benzene rings is 2. The van der Waals surface area contributed by atoms with Crippen molar-refractivity contribution in [2.24, 2.45) is 11.1 Å². The third kappa shape index (κ3) is 5.71. The number of aromatic nitrogens is 2. The first kappa shape index (κ1) is 28.4. The van der Waals surface area contributed by atoms with Crippen LogP contribution in [0.1, 0.15) is 43.7 Å². The summed E-state index contributed by atoms with van der Waals surface area (Å²) >= 11 is 2.51. The Hall–Kier alpha value is -4.14. The molecule has 1 aromatic heterocycles. The normalized spacial score (nSPS) is 18.2. The van der Waals surface area contributed by atoms with Gasteiger partial charge in [0, 0.05) is 29.4 Å². The summed E-state index contributed by atoms with van der Waals surface area (Å²) in [4.78, 5) is 28.0. The van der Waals surface area contributed by atoms with Gasteiger partial charge in [-0.1, -0.05) is 67.3 Å². The summed E-state index contributed by atoms with van der Waals surface area (Å²) in [5.74, 6) is 0.274. The second-order valence-corrected chi connectivity index (χ2v) is 12.9. The number of rotatable bonds is 7. The molecule has 2 aliphatic rings. The topological polar surface area (TPSA) is 134 Å². The predicted octanol–water partition coefficient (Wildman–Crippen LogP) is 5.53. The molecule has 0 radical (unpaired) electrons. The number of nitrogens with one attached hydrogen (secondary N) is 1. The number of nitriles is 1. The highest BCUT2D eigenvalue weighted by Crippen LogP contribution is 2.51. The van der Waals surface area contributed by atoms with Gasteiger partial charge < -0.3 is 15.8 Å². The van der Waals surface area contributed by atoms with Crippen molar-refractivity contribution < 1.29 is 14.3 Å². The van der Waals surface area contributed by atoms with Crippen LogP contribution in [0.25, 0.3) is 0 Å². The Morgan fingerprint density at radius 2 is 2.02 bits per heavy atom. The lowest BCUT2D eigenvalue weighted by molar-refractivity contribution is -0.118. The summed E-state index contributed by atoms with van der Waals surface area (Å²) in [6.45, 7) is 6.08. The van der Waals surface area contributed by atoms with Crippen LogP contribution in [0.3, 0.4) is 0 Å². The number of Topliss-reactive ketones (excluding diaryl/α,β-unsaturated/α-hetero) is 1. The maximum atomic E-state index is 13.7. The van der Waals surface area contributed by atoms with Crippen LogP contribution in [0.5, 0.6) is 5.75 Å². The number of carbonyl (C=O) groups excluding carboxylic acids is 2. The smallest absolute Gasteiger partial charge is 0.234 e. The van der Waals surface area contributed by atoms with Crippen LogP contribution in [0.15, 0.2) is 75.5 Å². The second-order valence-electron chi connectivity index (χ2n) is 10.8. The number of methoxy groups -OCH3 is 1. The van der Waals surface area contributed by atoms with Crippen LogP contribution in [0, 0.1) is 23.7 Å². The van der Waals surface area contributed by atoms with E-state index in [1.54, 1.807) is 36.3 Å². The fourth-order valence-electron chi connectivity index (χ4n) is 5.33. The molecule has 1 unspecified atom stereocenters. The molecule has 0 saturated carbocycles. The number of carbonyl (C=O) groups is 2. The molecule has 1 amide bonds. The monoisotopic (exact) mass is 586 g/mol. The molecule has 0 fully saturated rings. The van der Waals surface area contributed by atoms with E-state index in [0.717, 1.165) is 16.8 Å². The van der Waals surface area contributed by atoms with E-state index >= 15 is 0 Å². The lowest BCUT2D eigenvalue weighted by atomic mass is 9.68. The Morgan fingerprint density at radius 3 is 2.76 bits per heavy atom. The summed E-state index contributed by atoms with van der Waals surface area (Å²) in [7, 11) is 1.57. The predicted molar refractivity (Wildman–Crippen MR) is 161 cm³/mol. The summed E-state index contributed by atoms with van der Waals surface area (Å²) in [6.07, 6.45) is 0.959. The summed E-state index contributed by atoms with van der Waals surface area (Å²) in [6, 6.07) is 17.2. The fourth-order valence-corrected chi connectivity index (χ4v) is 7.01. The zero-order valence-electron chi connectivity index (χ0n) is 23.2. The van der Waals surface area contributed by atoms with Gasteiger partial charge in [-0.05, 0) is 42.0 Å². The van der Waals surface area contributed by atoms with Gasteiger partial charge >= 0.3 is 0 Å². The molecular formula is C30H30N6O3S2. The Kier molecular flexibility index (Phi) is 7.89. The first-order valence-electron chi connectivity index (χ1n) is 13.0. The van der Waals surface area contributed by atoms with Crippen molar-refractivity contribution in [2.45, 2.75) is 43.9 Å². The molecule has 9 nitrogen and oxygen atoms in total. The summed E-state index contributed by atoms with van der Waals surface area (Å²) < 4.78 is 5.77. The number of allylic oxidation sites excluding steroid dienone is 3. The van der Waals surface area contributed by atoms with Gasteiger partial charge in [-0.3, -0.25) is 14.5 Å². The minimum Gasteiger partial charge on any atom is -0.497 e. The minimum atomic E-state index is -0.543. The second kappa shape index (κ2) is 11.4. The fraction of sp³-hybridized carbons (Fsp3) is 0.300. The maximum Gasteiger partial charge on any atom is 0.234 e. The van der Waals surface area contributed by atoms with E-state index in [4.69, 9.17) is 10.5 Å². The van der Waals surface area contributed by atoms with Crippen LogP contribution < -0.4 is 20.7 Å². The Labute approximate surface area is 247 Å². The van der Waals surface area contributed by atoms with Crippen molar-refractivity contribution >= 4 is 45.6 Å². The van der Waals surface area contributed by atoms with Gasteiger partial charge in [0.05, 0.1) is 30.4 Å². The Balaban J connectivity index is 1.45. The standard InChI is InChI=1S/C30H30N6O3S2/c1-17-8-5-6-11-20(17)25-21(15-31)27(32)36(22-13-30(2,3)14-23(37)26(22)25)28-34-35-29(41-28)40-16-24(38)33-18-9-7-10-19(12-18)39-4/h5-12,25H,13-14,16,32H2,1-4H3,(H,33,38). The minimum absolute atomic E-state index is 0.00285. The number of hydrogen-bond donors (Lipinski definition) is 2. The molecule has 0 bridgehead atoms. The van der Waals surface area contributed by atoms with E-state index < -0.39 is 5.92 Å². The largest absolute Gasteiger partial charge is 0.497 e. The number of ether oxygens (including phenoxy) is 1. The lowest BCUT2D eigenvalue weighted by Gasteiger charge is -2.42. The van der Waals surface area contributed by atoms with Crippen molar-refractivity contribution in [3.05, 3.63) is 82.3 Å². The highest BCUT2D eigenvalue weighted by Gasteiger charge is 2.45. The van der Waals surface area contributed by atoms with Crippen molar-refractivity contribution in [1.82, 2.24) is 10.2 Å². The summed E-state index contributed by atoms with van der Waals surface area (Å²) in [5.41, 5.74) is 10.6. The van der Waals surface area contributed by atoms with Crippen molar-refractivity contribution in [1.29, 1.82) is 5.26 Å². The molecule has 0 spiro atoms. The van der Waals surface area contributed by atoms with Crippen LogP contribution >= 0.6 is 23.1 Å². The van der Waals surface area contributed by atoms with E-state index in [1.165, 1.54) is 23.1 Å². The third-order valence-corrected chi connectivity index (χ3v) is 9.19. The third-order valence-electron chi connectivity index (χ3n) is 7.15. The van der Waals surface area contributed by atoms with E-state index in [2.05, 4.69) is 35.4 Å². The highest BCUT2D eigenvalue weighted by atomic mass is 32.2. The van der Waals surface area contributed by atoms with Gasteiger partial charge in [0.1, 0.15) is 11.6 Å². The zero-order chi connectivity index (χ0) is 29.3. The molecule has 5 rings (SSSR count). The first-order valence-corrected chi connectivity index (χ1v) is 14.8. The van der Waals surface area contributed by atoms with Crippen molar-refractivity contribution in [2.75, 3.05) is 23.1 Å². The van der Waals surface area contributed by atoms with E-state index in [0.29, 0.717) is 44.9 Å². The van der Waals surface area contributed by atoms with Crippen LogP contribution in [-0.4, -0.2) is 34.8 Å². The van der Waals surface area contributed by atoms with Gasteiger partial charge in [-0.2, -0.15) is 5.26 Å². The molecule has 41 heavy (non-hydrogen) atoms. The molecule has 3 aromatic rings. The van der Waals surface area contributed by atoms with Gasteiger partial charge in [0.25, 0.3) is 0 Å². The quantitative estimate of drug-likeness (QED) is 0.343. The van der Waals surface area contributed by atoms with Crippen molar-refractivity contribution in [3.8, 4) is 11.8 Å². The number of nitrogens with two attached hydrogens (primary N) is 1. The van der Waals surface area contributed by atoms with Gasteiger partial charge in [0.15, 0.2) is 10.1 Å². The zero-order valence-corrected chi connectivity index (χ0v) is 24.9. The first-order chi connectivity index (χ1) is 19.6. The molecule has 2 aromatic carbocycles. The van der Waals surface area contributed by atoms with E-state index in [-0.39, 0.29) is 28.7 Å². The van der Waals surface area contributed by atoms with Crippen LogP contribution in [0.4, 0.5) is 10.8 Å². The number of ketones is 1. The highest BCUT2D eigenvalue weighted by molar-refractivity contribution is 8.01. The SMILES string of the molecule is COc1cccc(NC(=O)CSc2nnc(N3C(N)=C(C#N)C(c4ccccc4C)C4=C3CC(C)(C)CC4=O)s2)c1. The number of thioether (sulfide) groups is 1. The van der Waals surface area contributed by atoms with Crippen LogP contribution in [0.2, 0.25) is 0 Å². The van der Waals surface area contributed by atoms with Gasteiger partial charge in [-0.25, -0.2) is 0 Å². The molecule has 0 saturated heterocycles. The average molecular weight is 587 g/mol. The molecule has 3 N–H and O–H groups in total. The van der Waals surface area contributed by atoms with E-state index in [9.17, 15) is 14.9 Å². The van der Waals surface area contributed by atoms with Crippen LogP contribution in [-0.2, 0) is 9.59 Å². The number of aryl methyl sites for hydroxylation is 1. The molecule has 1 aliphatic heterocycles. The van der Waals surface area contributed by atoms with Gasteiger partial charge in [0.2, 0.25) is 11.0 Å². The Bertz CT molecular complexity index is 1630. The molecule has 1 aliphatic carbocycles. The van der Waals surface area contributed by atoms with E-state index in [1.807, 2.05) is 31.2 Å². The molecule has 1 atom stereocenters. The molecular weight excluding hydrogens is 557 g/mol. The van der Waals surface area contributed by atoms with Crippen molar-refractivity contribution in [3.63, 3.8) is 0 Å². The molecule has 2 heterocycles. The molecule has 210 valence electrons. The number of anilines is 2. The Morgan fingerprint density at radius 1 is 1.24 bits per heavy atom. The molecule has 11 heteroatoms. The average Bonchev–Trinajstić information content (AvgIpc) is 3.39. The number of amides is 1. The number of hydrogen-bond acceptors (Lipinski definition) is 10. The van der Waals surface area contributed by atoms with Gasteiger partial charge in [-0.15, -0.1) is 10.2 Å². The maximum absolute atomic E-state index is 13.7.